The van der Waals surface area contributed by atoms with E-state index in [0.29, 0.717) is 5.69 Å². The monoisotopic (exact) mass is 200 g/mol. The summed E-state index contributed by atoms with van der Waals surface area (Å²) in [6.45, 7) is 0. The number of nitriles is 1. The molecule has 4 heteroatoms. The summed E-state index contributed by atoms with van der Waals surface area (Å²) in [6.07, 6.45) is 0. The molecular formula is C8H6Cl2N2. The Hall–Kier alpha value is -0.910. The minimum atomic E-state index is -1.55. The Kier molecular flexibility index (Phi) is 2.80. The lowest BCUT2D eigenvalue weighted by Crippen LogP contribution is -2.21. The maximum atomic E-state index is 8.48. The largest absolute Gasteiger partial charge is 0.342 e. The van der Waals surface area contributed by atoms with Crippen LogP contribution in [0.4, 0.5) is 5.69 Å². The lowest BCUT2D eigenvalue weighted by Gasteiger charge is -2.13. The van der Waals surface area contributed by atoms with Crippen molar-refractivity contribution in [1.29, 1.82) is 5.26 Å². The summed E-state index contributed by atoms with van der Waals surface area (Å²) in [4.78, 5) is 0. The average molecular weight is 201 g/mol. The van der Waals surface area contributed by atoms with Gasteiger partial charge in [0.2, 0.25) is 0 Å². The van der Waals surface area contributed by atoms with Crippen molar-refractivity contribution in [1.82, 2.24) is 0 Å². The minimum Gasteiger partial charge on any atom is -0.342 e. The third-order valence-electron chi connectivity index (χ3n) is 1.22. The molecule has 1 aromatic carbocycles. The molecule has 0 atom stereocenters. The quantitative estimate of drug-likeness (QED) is 0.589. The summed E-state index contributed by atoms with van der Waals surface area (Å²) < 4.78 is -1.55. The Bertz CT molecular complexity index is 290. The molecular weight excluding hydrogens is 195 g/mol. The minimum absolute atomic E-state index is 0.712. The van der Waals surface area contributed by atoms with E-state index in [4.69, 9.17) is 28.5 Å². The molecule has 0 spiro atoms. The van der Waals surface area contributed by atoms with Crippen LogP contribution in [0, 0.1) is 11.3 Å². The number of nitrogens with one attached hydrogen (secondary N) is 1. The van der Waals surface area contributed by atoms with Gasteiger partial charge in [-0.15, -0.1) is 0 Å². The number of alkyl halides is 2. The van der Waals surface area contributed by atoms with E-state index in [-0.39, 0.29) is 0 Å². The molecule has 1 aromatic rings. The topological polar surface area (TPSA) is 35.8 Å². The lowest BCUT2D eigenvalue weighted by molar-refractivity contribution is 1.14. The van der Waals surface area contributed by atoms with Crippen molar-refractivity contribution in [3.8, 4) is 6.07 Å². The van der Waals surface area contributed by atoms with E-state index in [2.05, 4.69) is 5.32 Å². The van der Waals surface area contributed by atoms with Crippen molar-refractivity contribution in [2.24, 2.45) is 0 Å². The number of halogens is 2. The lowest BCUT2D eigenvalue weighted by atomic mass is 10.3. The number of benzene rings is 1. The zero-order valence-electron chi connectivity index (χ0n) is 6.09. The van der Waals surface area contributed by atoms with E-state index in [1.807, 2.05) is 18.2 Å². The molecule has 0 radical (unpaired) electrons. The molecule has 2 nitrogen and oxygen atoms in total. The predicted molar refractivity (Wildman–Crippen MR) is 50.1 cm³/mol. The van der Waals surface area contributed by atoms with Crippen molar-refractivity contribution in [2.45, 2.75) is 4.46 Å². The number of anilines is 1. The van der Waals surface area contributed by atoms with Crippen LogP contribution in [-0.4, -0.2) is 4.46 Å². The van der Waals surface area contributed by atoms with Crippen molar-refractivity contribution in [3.05, 3.63) is 30.3 Å². The second-order valence-corrected chi connectivity index (χ2v) is 3.50. The van der Waals surface area contributed by atoms with Gasteiger partial charge in [0.1, 0.15) is 6.07 Å². The molecule has 0 bridgehead atoms. The van der Waals surface area contributed by atoms with Gasteiger partial charge >= 0.3 is 0 Å². The van der Waals surface area contributed by atoms with Crippen LogP contribution in [0.25, 0.3) is 0 Å². The first-order valence-corrected chi connectivity index (χ1v) is 4.02. The highest BCUT2D eigenvalue weighted by Gasteiger charge is 2.21. The summed E-state index contributed by atoms with van der Waals surface area (Å²) in [7, 11) is 0. The molecule has 0 heterocycles. The first-order chi connectivity index (χ1) is 5.64. The fourth-order valence-electron chi connectivity index (χ4n) is 0.731. The van der Waals surface area contributed by atoms with E-state index in [0.717, 1.165) is 0 Å². The van der Waals surface area contributed by atoms with E-state index in [9.17, 15) is 0 Å². The Morgan fingerprint density at radius 2 is 1.83 bits per heavy atom. The summed E-state index contributed by atoms with van der Waals surface area (Å²) in [5, 5.41) is 11.1. The molecule has 0 aromatic heterocycles. The van der Waals surface area contributed by atoms with Gasteiger partial charge in [0.15, 0.2) is 0 Å². The molecule has 62 valence electrons. The smallest absolute Gasteiger partial charge is 0.276 e. The third kappa shape index (κ3) is 2.61. The normalized spacial score (nSPS) is 10.4. The first-order valence-electron chi connectivity index (χ1n) is 3.26. The Morgan fingerprint density at radius 1 is 1.25 bits per heavy atom. The van der Waals surface area contributed by atoms with Crippen LogP contribution >= 0.6 is 23.2 Å². The third-order valence-corrected chi connectivity index (χ3v) is 1.57. The first kappa shape index (κ1) is 9.18. The van der Waals surface area contributed by atoms with Crippen LogP contribution in [-0.2, 0) is 0 Å². The fraction of sp³-hybridized carbons (Fsp3) is 0.125. The zero-order valence-corrected chi connectivity index (χ0v) is 7.60. The van der Waals surface area contributed by atoms with Gasteiger partial charge in [-0.05, 0) is 12.1 Å². The molecule has 0 saturated heterocycles. The van der Waals surface area contributed by atoms with Crippen molar-refractivity contribution < 1.29 is 0 Å². The van der Waals surface area contributed by atoms with E-state index >= 15 is 0 Å². The van der Waals surface area contributed by atoms with Crippen LogP contribution in [0.1, 0.15) is 0 Å². The number of para-hydroxylation sites is 1. The maximum absolute atomic E-state index is 8.48. The molecule has 0 unspecified atom stereocenters. The summed E-state index contributed by atoms with van der Waals surface area (Å²) in [5.74, 6) is 0. The van der Waals surface area contributed by atoms with Crippen molar-refractivity contribution in [3.63, 3.8) is 0 Å². The van der Waals surface area contributed by atoms with Gasteiger partial charge in [-0.1, -0.05) is 41.4 Å². The maximum Gasteiger partial charge on any atom is 0.276 e. The zero-order chi connectivity index (χ0) is 9.03. The van der Waals surface area contributed by atoms with Crippen molar-refractivity contribution >= 4 is 28.9 Å². The van der Waals surface area contributed by atoms with Crippen LogP contribution in [0.2, 0.25) is 0 Å². The highest BCUT2D eigenvalue weighted by Crippen LogP contribution is 2.22. The Labute approximate surface area is 80.7 Å². The van der Waals surface area contributed by atoms with Gasteiger partial charge < -0.3 is 5.32 Å². The molecule has 0 aliphatic heterocycles. The standard InChI is InChI=1S/C8H6Cl2N2/c9-8(10,6-11)12-7-4-2-1-3-5-7/h1-5,12H. The molecule has 1 N–H and O–H groups in total. The fourth-order valence-corrected chi connectivity index (χ4v) is 0.949. The summed E-state index contributed by atoms with van der Waals surface area (Å²) >= 11 is 11.1. The highest BCUT2D eigenvalue weighted by atomic mass is 35.5. The van der Waals surface area contributed by atoms with Gasteiger partial charge in [0.25, 0.3) is 4.46 Å². The number of nitrogens with zero attached hydrogens (tertiary/aromatic N) is 1. The second kappa shape index (κ2) is 3.66. The van der Waals surface area contributed by atoms with Crippen LogP contribution in [0.5, 0.6) is 0 Å². The predicted octanol–water partition coefficient (Wildman–Crippen LogP) is 2.75. The van der Waals surface area contributed by atoms with E-state index in [1.54, 1.807) is 18.2 Å². The second-order valence-electron chi connectivity index (χ2n) is 2.18. The van der Waals surface area contributed by atoms with Gasteiger partial charge in [0, 0.05) is 5.69 Å². The van der Waals surface area contributed by atoms with Crippen molar-refractivity contribution in [2.75, 3.05) is 5.32 Å². The van der Waals surface area contributed by atoms with E-state index in [1.165, 1.54) is 0 Å². The molecule has 1 rings (SSSR count). The van der Waals surface area contributed by atoms with E-state index < -0.39 is 4.46 Å². The van der Waals surface area contributed by atoms with Crippen LogP contribution in [0.15, 0.2) is 30.3 Å². The summed E-state index contributed by atoms with van der Waals surface area (Å²) in [6, 6.07) is 10.8. The molecule has 0 fully saturated rings. The molecule has 0 saturated carbocycles. The molecule has 0 aliphatic rings. The van der Waals surface area contributed by atoms with Gasteiger partial charge in [-0.2, -0.15) is 5.26 Å². The van der Waals surface area contributed by atoms with Gasteiger partial charge in [-0.25, -0.2) is 0 Å². The molecule has 12 heavy (non-hydrogen) atoms. The summed E-state index contributed by atoms with van der Waals surface area (Å²) in [5.41, 5.74) is 0.712. The Balaban J connectivity index is 2.72. The SMILES string of the molecule is N#CC(Cl)(Cl)Nc1ccccc1. The Morgan fingerprint density at radius 3 is 2.33 bits per heavy atom. The molecule has 0 amide bonds. The number of hydrogen-bond donors (Lipinski definition) is 1. The van der Waals surface area contributed by atoms with Gasteiger partial charge in [-0.3, -0.25) is 0 Å². The highest BCUT2D eigenvalue weighted by molar-refractivity contribution is 6.51. The van der Waals surface area contributed by atoms with Crippen LogP contribution in [0.3, 0.4) is 0 Å². The van der Waals surface area contributed by atoms with Crippen LogP contribution < -0.4 is 5.32 Å². The average Bonchev–Trinajstić information content (AvgIpc) is 2.06. The van der Waals surface area contributed by atoms with Gasteiger partial charge in [0.05, 0.1) is 0 Å². The number of hydrogen-bond acceptors (Lipinski definition) is 2. The molecule has 0 aliphatic carbocycles. The number of rotatable bonds is 2.